The number of halogens is 1. The molecule has 0 saturated heterocycles. The Morgan fingerprint density at radius 1 is 1.18 bits per heavy atom. The monoisotopic (exact) mass is 292 g/mol. The van der Waals surface area contributed by atoms with Gasteiger partial charge >= 0.3 is 0 Å². The van der Waals surface area contributed by atoms with E-state index in [1.807, 2.05) is 41.9 Å². The summed E-state index contributed by atoms with van der Waals surface area (Å²) in [5, 5.41) is 10.4. The third-order valence-corrected chi connectivity index (χ3v) is 3.80. The average molecular weight is 292 g/mol. The quantitative estimate of drug-likeness (QED) is 0.689. The van der Waals surface area contributed by atoms with Gasteiger partial charge in [0.25, 0.3) is 0 Å². The van der Waals surface area contributed by atoms with E-state index in [0.29, 0.717) is 11.3 Å². The smallest absolute Gasteiger partial charge is 0.185 e. The standard InChI is InChI=1S/C18H13FN2O/c1-21-16-5-3-2-4-13(16)10-17(21)15(11-20)18(22)12-6-8-14(19)9-7-12/h2-10,15H,1H3. The van der Waals surface area contributed by atoms with Crippen LogP contribution in [0.15, 0.2) is 54.6 Å². The molecule has 0 spiro atoms. The summed E-state index contributed by atoms with van der Waals surface area (Å²) < 4.78 is 14.8. The van der Waals surface area contributed by atoms with Crippen LogP contribution in [0.4, 0.5) is 4.39 Å². The first kappa shape index (κ1) is 14.0. The maximum atomic E-state index is 13.0. The summed E-state index contributed by atoms with van der Waals surface area (Å²) >= 11 is 0. The van der Waals surface area contributed by atoms with Crippen molar-refractivity contribution in [3.63, 3.8) is 0 Å². The van der Waals surface area contributed by atoms with Crippen LogP contribution >= 0.6 is 0 Å². The number of carbonyl (C=O) groups excluding carboxylic acids is 1. The van der Waals surface area contributed by atoms with E-state index in [-0.39, 0.29) is 5.78 Å². The lowest BCUT2D eigenvalue weighted by atomic mass is 9.95. The number of aromatic nitrogens is 1. The molecule has 3 nitrogen and oxygen atoms in total. The van der Waals surface area contributed by atoms with Gasteiger partial charge in [-0.15, -0.1) is 0 Å². The van der Waals surface area contributed by atoms with Gasteiger partial charge in [-0.3, -0.25) is 4.79 Å². The Hall–Kier alpha value is -2.93. The van der Waals surface area contributed by atoms with Crippen LogP contribution in [0.1, 0.15) is 22.0 Å². The number of nitrogens with zero attached hydrogens (tertiary/aromatic N) is 2. The first-order chi connectivity index (χ1) is 10.6. The molecule has 0 amide bonds. The summed E-state index contributed by atoms with van der Waals surface area (Å²) in [7, 11) is 1.83. The van der Waals surface area contributed by atoms with Crippen molar-refractivity contribution in [1.29, 1.82) is 5.26 Å². The molecule has 0 radical (unpaired) electrons. The summed E-state index contributed by atoms with van der Waals surface area (Å²) in [5.41, 5.74) is 1.93. The Morgan fingerprint density at radius 3 is 2.50 bits per heavy atom. The minimum atomic E-state index is -0.914. The second kappa shape index (κ2) is 5.45. The van der Waals surface area contributed by atoms with Gasteiger partial charge in [0.15, 0.2) is 5.78 Å². The fourth-order valence-electron chi connectivity index (χ4n) is 2.63. The molecule has 0 aliphatic carbocycles. The van der Waals surface area contributed by atoms with Crippen molar-refractivity contribution in [3.05, 3.63) is 71.7 Å². The molecule has 22 heavy (non-hydrogen) atoms. The number of hydrogen-bond acceptors (Lipinski definition) is 2. The Labute approximate surface area is 127 Å². The fraction of sp³-hybridized carbons (Fsp3) is 0.111. The first-order valence-corrected chi connectivity index (χ1v) is 6.85. The summed E-state index contributed by atoms with van der Waals surface area (Å²) in [6.45, 7) is 0. The zero-order valence-corrected chi connectivity index (χ0v) is 12.0. The number of rotatable bonds is 3. The molecule has 1 heterocycles. The second-order valence-corrected chi connectivity index (χ2v) is 5.12. The van der Waals surface area contributed by atoms with Gasteiger partial charge in [0.05, 0.1) is 6.07 Å². The highest BCUT2D eigenvalue weighted by Crippen LogP contribution is 2.27. The third kappa shape index (κ3) is 2.27. The van der Waals surface area contributed by atoms with E-state index in [9.17, 15) is 14.4 Å². The zero-order valence-electron chi connectivity index (χ0n) is 12.0. The molecular formula is C18H13FN2O. The van der Waals surface area contributed by atoms with Crippen LogP contribution in [-0.2, 0) is 7.05 Å². The minimum Gasteiger partial charge on any atom is -0.346 e. The number of benzene rings is 2. The van der Waals surface area contributed by atoms with E-state index in [1.165, 1.54) is 24.3 Å². The van der Waals surface area contributed by atoms with Crippen molar-refractivity contribution in [2.24, 2.45) is 7.05 Å². The fourth-order valence-corrected chi connectivity index (χ4v) is 2.63. The number of nitriles is 1. The topological polar surface area (TPSA) is 45.8 Å². The molecule has 0 N–H and O–H groups in total. The van der Waals surface area contributed by atoms with Crippen molar-refractivity contribution in [2.75, 3.05) is 0 Å². The number of hydrogen-bond donors (Lipinski definition) is 0. The van der Waals surface area contributed by atoms with Crippen LogP contribution in [0.3, 0.4) is 0 Å². The van der Waals surface area contributed by atoms with Crippen molar-refractivity contribution in [1.82, 2.24) is 4.57 Å². The second-order valence-electron chi connectivity index (χ2n) is 5.12. The zero-order chi connectivity index (χ0) is 15.7. The lowest BCUT2D eigenvalue weighted by Crippen LogP contribution is -2.14. The van der Waals surface area contributed by atoms with E-state index >= 15 is 0 Å². The van der Waals surface area contributed by atoms with E-state index in [0.717, 1.165) is 10.9 Å². The molecule has 3 aromatic rings. The van der Waals surface area contributed by atoms with Gasteiger partial charge in [-0.2, -0.15) is 5.26 Å². The van der Waals surface area contributed by atoms with Crippen molar-refractivity contribution < 1.29 is 9.18 Å². The molecule has 108 valence electrons. The molecular weight excluding hydrogens is 279 g/mol. The molecule has 0 aliphatic rings. The SMILES string of the molecule is Cn1c(C(C#N)C(=O)c2ccc(F)cc2)cc2ccccc21. The lowest BCUT2D eigenvalue weighted by Gasteiger charge is -2.10. The summed E-state index contributed by atoms with van der Waals surface area (Å²) in [4.78, 5) is 12.6. The predicted molar refractivity (Wildman–Crippen MR) is 82.0 cm³/mol. The highest BCUT2D eigenvalue weighted by molar-refractivity contribution is 6.03. The molecule has 0 aliphatic heterocycles. The van der Waals surface area contributed by atoms with E-state index in [4.69, 9.17) is 0 Å². The van der Waals surface area contributed by atoms with Crippen molar-refractivity contribution in [3.8, 4) is 6.07 Å². The molecule has 4 heteroatoms. The molecule has 3 rings (SSSR count). The average Bonchev–Trinajstić information content (AvgIpc) is 2.86. The molecule has 0 fully saturated rings. The molecule has 2 aromatic carbocycles. The number of ketones is 1. The van der Waals surface area contributed by atoms with Crippen molar-refractivity contribution >= 4 is 16.7 Å². The van der Waals surface area contributed by atoms with Gasteiger partial charge < -0.3 is 4.57 Å². The Balaban J connectivity index is 2.06. The summed E-state index contributed by atoms with van der Waals surface area (Å²) in [6, 6.07) is 16.9. The Bertz CT molecular complexity index is 888. The predicted octanol–water partition coefficient (Wildman–Crippen LogP) is 3.81. The third-order valence-electron chi connectivity index (χ3n) is 3.80. The minimum absolute atomic E-state index is 0.326. The number of Topliss-reactive ketones (excluding diaryl/α,β-unsaturated/α-hetero) is 1. The largest absolute Gasteiger partial charge is 0.346 e. The number of carbonyl (C=O) groups is 1. The van der Waals surface area contributed by atoms with Crippen LogP contribution in [0, 0.1) is 17.1 Å². The molecule has 1 atom stereocenters. The van der Waals surface area contributed by atoms with Crippen LogP contribution < -0.4 is 0 Å². The van der Waals surface area contributed by atoms with Crippen LogP contribution in [0.5, 0.6) is 0 Å². The summed E-state index contributed by atoms with van der Waals surface area (Å²) in [6.07, 6.45) is 0. The van der Waals surface area contributed by atoms with Crippen LogP contribution in [0.25, 0.3) is 10.9 Å². The normalized spacial score (nSPS) is 12.0. The molecule has 0 bridgehead atoms. The molecule has 1 aromatic heterocycles. The van der Waals surface area contributed by atoms with Gasteiger partial charge in [0, 0.05) is 23.8 Å². The van der Waals surface area contributed by atoms with Gasteiger partial charge in [0.1, 0.15) is 11.7 Å². The Kier molecular flexibility index (Phi) is 3.48. The van der Waals surface area contributed by atoms with Crippen LogP contribution in [-0.4, -0.2) is 10.4 Å². The molecule has 1 unspecified atom stereocenters. The number of fused-ring (bicyclic) bond motifs is 1. The van der Waals surface area contributed by atoms with Gasteiger partial charge in [0.2, 0.25) is 0 Å². The summed E-state index contributed by atoms with van der Waals surface area (Å²) in [5.74, 6) is -1.65. The maximum Gasteiger partial charge on any atom is 0.185 e. The van der Waals surface area contributed by atoms with E-state index < -0.39 is 11.7 Å². The maximum absolute atomic E-state index is 13.0. The van der Waals surface area contributed by atoms with Gasteiger partial charge in [-0.25, -0.2) is 4.39 Å². The van der Waals surface area contributed by atoms with E-state index in [1.54, 1.807) is 0 Å². The highest BCUT2D eigenvalue weighted by Gasteiger charge is 2.25. The first-order valence-electron chi connectivity index (χ1n) is 6.85. The van der Waals surface area contributed by atoms with Crippen molar-refractivity contribution in [2.45, 2.75) is 5.92 Å². The van der Waals surface area contributed by atoms with Crippen LogP contribution in [0.2, 0.25) is 0 Å². The number of para-hydroxylation sites is 1. The lowest BCUT2D eigenvalue weighted by molar-refractivity contribution is 0.0976. The molecule has 0 saturated carbocycles. The van der Waals surface area contributed by atoms with Gasteiger partial charge in [-0.1, -0.05) is 18.2 Å². The Morgan fingerprint density at radius 2 is 1.86 bits per heavy atom. The number of aryl methyl sites for hydroxylation is 1. The highest BCUT2D eigenvalue weighted by atomic mass is 19.1. The van der Waals surface area contributed by atoms with E-state index in [2.05, 4.69) is 6.07 Å². The van der Waals surface area contributed by atoms with Gasteiger partial charge in [-0.05, 0) is 41.8 Å².